The number of hydrogen-bond acceptors (Lipinski definition) is 3. The van der Waals surface area contributed by atoms with Gasteiger partial charge in [-0.2, -0.15) is 5.10 Å². The molecule has 1 heterocycles. The molecule has 3 nitrogen and oxygen atoms in total. The van der Waals surface area contributed by atoms with Gasteiger partial charge in [0.2, 0.25) is 0 Å². The van der Waals surface area contributed by atoms with E-state index in [1.54, 1.807) is 0 Å². The normalized spacial score (nSPS) is 9.73. The van der Waals surface area contributed by atoms with Crippen LogP contribution < -0.4 is 4.74 Å². The lowest BCUT2D eigenvalue weighted by Crippen LogP contribution is -1.95. The van der Waals surface area contributed by atoms with Crippen molar-refractivity contribution < 1.29 is 4.74 Å². The molecule has 1 rings (SSSR count). The summed E-state index contributed by atoms with van der Waals surface area (Å²) in [5.74, 6) is 0.394. The van der Waals surface area contributed by atoms with Crippen LogP contribution in [0.15, 0.2) is 6.20 Å². The minimum Gasteiger partial charge on any atom is -0.489 e. The van der Waals surface area contributed by atoms with Gasteiger partial charge in [-0.3, -0.25) is 0 Å². The van der Waals surface area contributed by atoms with Crippen molar-refractivity contribution in [1.29, 1.82) is 0 Å². The number of ether oxygens (including phenoxy) is 1. The first-order valence-electron chi connectivity index (χ1n) is 3.05. The zero-order chi connectivity index (χ0) is 8.27. The van der Waals surface area contributed by atoms with Crippen molar-refractivity contribution in [2.75, 3.05) is 6.61 Å². The fraction of sp³-hybridized carbons (Fsp3) is 0.333. The van der Waals surface area contributed by atoms with Crippen LogP contribution >= 0.6 is 23.2 Å². The summed E-state index contributed by atoms with van der Waals surface area (Å²) in [7, 11) is 0. The van der Waals surface area contributed by atoms with Crippen molar-refractivity contribution >= 4 is 23.2 Å². The Hall–Kier alpha value is -0.540. The second kappa shape index (κ2) is 3.74. The van der Waals surface area contributed by atoms with Crippen molar-refractivity contribution in [3.63, 3.8) is 0 Å². The topological polar surface area (TPSA) is 35.0 Å². The highest BCUT2D eigenvalue weighted by Gasteiger charge is 2.06. The van der Waals surface area contributed by atoms with Gasteiger partial charge >= 0.3 is 0 Å². The van der Waals surface area contributed by atoms with Crippen LogP contribution in [0.25, 0.3) is 0 Å². The van der Waals surface area contributed by atoms with E-state index in [1.807, 2.05) is 6.92 Å². The van der Waals surface area contributed by atoms with Crippen molar-refractivity contribution in [3.05, 3.63) is 16.4 Å². The molecule has 0 amide bonds. The second-order valence-corrected chi connectivity index (χ2v) is 2.51. The van der Waals surface area contributed by atoms with Crippen LogP contribution in [0, 0.1) is 0 Å². The fourth-order valence-corrected chi connectivity index (χ4v) is 1.04. The molecule has 0 N–H and O–H groups in total. The number of halogens is 2. The van der Waals surface area contributed by atoms with Gasteiger partial charge in [0, 0.05) is 0 Å². The van der Waals surface area contributed by atoms with Crippen LogP contribution in [0.3, 0.4) is 0 Å². The standard InChI is InChI=1S/C6H6Cl2N2O/c1-2-11-5-4(7)3-9-10-6(5)8/h3H,2H2,1H3. The van der Waals surface area contributed by atoms with E-state index in [0.29, 0.717) is 17.4 Å². The first-order valence-corrected chi connectivity index (χ1v) is 3.80. The van der Waals surface area contributed by atoms with Crippen molar-refractivity contribution in [2.45, 2.75) is 6.92 Å². The molecule has 11 heavy (non-hydrogen) atoms. The summed E-state index contributed by atoms with van der Waals surface area (Å²) in [5.41, 5.74) is 0. The van der Waals surface area contributed by atoms with Gasteiger partial charge in [-0.05, 0) is 6.92 Å². The molecule has 0 fully saturated rings. The predicted octanol–water partition coefficient (Wildman–Crippen LogP) is 2.18. The quantitative estimate of drug-likeness (QED) is 0.721. The molecule has 0 aliphatic carbocycles. The van der Waals surface area contributed by atoms with Gasteiger partial charge in [0.05, 0.1) is 12.8 Å². The third kappa shape index (κ3) is 1.94. The lowest BCUT2D eigenvalue weighted by Gasteiger charge is -2.04. The van der Waals surface area contributed by atoms with Crippen LogP contribution in [0.4, 0.5) is 0 Å². The predicted molar refractivity (Wildman–Crippen MR) is 43.2 cm³/mol. The van der Waals surface area contributed by atoms with E-state index in [4.69, 9.17) is 27.9 Å². The molecule has 0 saturated heterocycles. The summed E-state index contributed by atoms with van der Waals surface area (Å²) in [6, 6.07) is 0. The highest BCUT2D eigenvalue weighted by molar-refractivity contribution is 6.36. The molecule has 1 aromatic heterocycles. The lowest BCUT2D eigenvalue weighted by molar-refractivity contribution is 0.338. The largest absolute Gasteiger partial charge is 0.489 e. The molecule has 0 spiro atoms. The van der Waals surface area contributed by atoms with Gasteiger partial charge < -0.3 is 4.74 Å². The maximum absolute atomic E-state index is 5.70. The average molecular weight is 193 g/mol. The Bertz CT molecular complexity index is 234. The summed E-state index contributed by atoms with van der Waals surface area (Å²) >= 11 is 11.3. The summed E-state index contributed by atoms with van der Waals surface area (Å²) < 4.78 is 5.10. The molecular formula is C6H6Cl2N2O. The average Bonchev–Trinajstić information content (AvgIpc) is 1.97. The SMILES string of the molecule is CCOc1c(Cl)cnnc1Cl. The first kappa shape index (κ1) is 8.56. The maximum atomic E-state index is 5.70. The molecule has 1 aromatic rings. The van der Waals surface area contributed by atoms with Gasteiger partial charge in [0.25, 0.3) is 0 Å². The molecule has 0 bridgehead atoms. The van der Waals surface area contributed by atoms with E-state index in [1.165, 1.54) is 6.20 Å². The van der Waals surface area contributed by atoms with Crippen molar-refractivity contribution in [2.24, 2.45) is 0 Å². The van der Waals surface area contributed by atoms with Gasteiger partial charge in [-0.25, -0.2) is 0 Å². The molecule has 60 valence electrons. The number of nitrogens with zero attached hydrogens (tertiary/aromatic N) is 2. The minimum absolute atomic E-state index is 0.194. The molecule has 0 saturated carbocycles. The van der Waals surface area contributed by atoms with Gasteiger partial charge in [-0.1, -0.05) is 23.2 Å². The van der Waals surface area contributed by atoms with Crippen LogP contribution in [-0.4, -0.2) is 16.8 Å². The Kier molecular flexibility index (Phi) is 2.91. The van der Waals surface area contributed by atoms with Crippen LogP contribution in [0.2, 0.25) is 10.2 Å². The van der Waals surface area contributed by atoms with Gasteiger partial charge in [0.1, 0.15) is 5.02 Å². The summed E-state index contributed by atoms with van der Waals surface area (Å²) in [4.78, 5) is 0. The molecule has 0 aromatic carbocycles. The number of rotatable bonds is 2. The molecular weight excluding hydrogens is 187 g/mol. The van der Waals surface area contributed by atoms with E-state index < -0.39 is 0 Å². The monoisotopic (exact) mass is 192 g/mol. The second-order valence-electron chi connectivity index (χ2n) is 1.75. The Labute approximate surface area is 74.3 Å². The van der Waals surface area contributed by atoms with Gasteiger partial charge in [0.15, 0.2) is 10.9 Å². The molecule has 0 atom stereocenters. The Balaban J connectivity index is 3.00. The van der Waals surface area contributed by atoms with Gasteiger partial charge in [-0.15, -0.1) is 5.10 Å². The summed E-state index contributed by atoms with van der Waals surface area (Å²) in [6.07, 6.45) is 1.39. The minimum atomic E-state index is 0.194. The highest BCUT2D eigenvalue weighted by atomic mass is 35.5. The van der Waals surface area contributed by atoms with Crippen LogP contribution in [-0.2, 0) is 0 Å². The molecule has 0 aliphatic heterocycles. The Morgan fingerprint density at radius 1 is 1.55 bits per heavy atom. The smallest absolute Gasteiger partial charge is 0.195 e. The van der Waals surface area contributed by atoms with E-state index in [0.717, 1.165) is 0 Å². The number of aromatic nitrogens is 2. The Morgan fingerprint density at radius 3 is 2.82 bits per heavy atom. The van der Waals surface area contributed by atoms with Crippen LogP contribution in [0.1, 0.15) is 6.92 Å². The summed E-state index contributed by atoms with van der Waals surface area (Å²) in [5, 5.41) is 7.67. The highest BCUT2D eigenvalue weighted by Crippen LogP contribution is 2.29. The van der Waals surface area contributed by atoms with Crippen molar-refractivity contribution in [1.82, 2.24) is 10.2 Å². The van der Waals surface area contributed by atoms with E-state index in [-0.39, 0.29) is 5.15 Å². The molecule has 0 unspecified atom stereocenters. The maximum Gasteiger partial charge on any atom is 0.195 e. The molecule has 0 radical (unpaired) electrons. The fourth-order valence-electron chi connectivity index (χ4n) is 0.606. The number of hydrogen-bond donors (Lipinski definition) is 0. The first-order chi connectivity index (χ1) is 5.25. The molecule has 5 heteroatoms. The lowest BCUT2D eigenvalue weighted by atomic mass is 10.5. The van der Waals surface area contributed by atoms with E-state index in [2.05, 4.69) is 10.2 Å². The Morgan fingerprint density at radius 2 is 2.27 bits per heavy atom. The van der Waals surface area contributed by atoms with Crippen molar-refractivity contribution in [3.8, 4) is 5.75 Å². The zero-order valence-electron chi connectivity index (χ0n) is 5.84. The van der Waals surface area contributed by atoms with E-state index >= 15 is 0 Å². The molecule has 0 aliphatic rings. The van der Waals surface area contributed by atoms with Crippen LogP contribution in [0.5, 0.6) is 5.75 Å². The van der Waals surface area contributed by atoms with E-state index in [9.17, 15) is 0 Å². The third-order valence-electron chi connectivity index (χ3n) is 1.01. The zero-order valence-corrected chi connectivity index (χ0v) is 7.35. The third-order valence-corrected chi connectivity index (χ3v) is 1.53. The summed E-state index contributed by atoms with van der Waals surface area (Å²) in [6.45, 7) is 2.35.